The first-order valence-corrected chi connectivity index (χ1v) is 5.99. The molecule has 1 aromatic heterocycles. The maximum absolute atomic E-state index is 12.8. The number of nitrogens with zero attached hydrogens (tertiary/aromatic N) is 2. The second kappa shape index (κ2) is 5.87. The van der Waals surface area contributed by atoms with E-state index in [1.807, 2.05) is 0 Å². The van der Waals surface area contributed by atoms with Crippen LogP contribution in [-0.2, 0) is 17.9 Å². The van der Waals surface area contributed by atoms with E-state index in [9.17, 15) is 26.3 Å². The Morgan fingerprint density at radius 2 is 1.85 bits per heavy atom. The number of rotatable bonds is 3. The second-order valence-electron chi connectivity index (χ2n) is 3.45. The Morgan fingerprint density at radius 1 is 1.25 bits per heavy atom. The Kier molecular flexibility index (Phi) is 4.86. The van der Waals surface area contributed by atoms with E-state index < -0.39 is 36.0 Å². The molecule has 1 heterocycles. The van der Waals surface area contributed by atoms with E-state index in [2.05, 4.69) is 25.7 Å². The van der Waals surface area contributed by atoms with E-state index in [0.717, 1.165) is 0 Å². The van der Waals surface area contributed by atoms with Gasteiger partial charge >= 0.3 is 12.5 Å². The summed E-state index contributed by atoms with van der Waals surface area (Å²) in [4.78, 5) is 3.54. The monoisotopic (exact) mass is 362 g/mol. The molecule has 0 aromatic carbocycles. The Balaban J connectivity index is 3.52. The molecule has 1 aromatic rings. The van der Waals surface area contributed by atoms with Gasteiger partial charge in [-0.15, -0.1) is 13.2 Å². The SMILES string of the molecule is N#CCc1nc(CBr)cc(C(F)(F)F)c1OC(F)(F)F. The van der Waals surface area contributed by atoms with Gasteiger partial charge in [0.2, 0.25) is 0 Å². The Hall–Kier alpha value is -1.50. The number of alkyl halides is 7. The number of pyridine rings is 1. The average molecular weight is 363 g/mol. The van der Waals surface area contributed by atoms with Crippen LogP contribution in [0.5, 0.6) is 5.75 Å². The molecule has 0 N–H and O–H groups in total. The number of halogens is 7. The van der Waals surface area contributed by atoms with E-state index in [1.54, 1.807) is 0 Å². The fourth-order valence-electron chi connectivity index (χ4n) is 1.35. The minimum absolute atomic E-state index is 0.110. The van der Waals surface area contributed by atoms with Crippen LogP contribution in [-0.4, -0.2) is 11.3 Å². The molecule has 0 aliphatic heterocycles. The highest BCUT2D eigenvalue weighted by molar-refractivity contribution is 9.08. The van der Waals surface area contributed by atoms with Gasteiger partial charge in [0.15, 0.2) is 5.75 Å². The summed E-state index contributed by atoms with van der Waals surface area (Å²) < 4.78 is 78.4. The lowest BCUT2D eigenvalue weighted by Crippen LogP contribution is -2.22. The molecule has 0 aliphatic carbocycles. The van der Waals surface area contributed by atoms with Gasteiger partial charge in [-0.25, -0.2) is 0 Å². The normalized spacial score (nSPS) is 12.1. The van der Waals surface area contributed by atoms with Crippen LogP contribution in [0.15, 0.2) is 6.07 Å². The summed E-state index contributed by atoms with van der Waals surface area (Å²) in [6, 6.07) is 1.89. The van der Waals surface area contributed by atoms with Crippen LogP contribution in [0.4, 0.5) is 26.3 Å². The molecular formula is C10H5BrF6N2O. The van der Waals surface area contributed by atoms with Gasteiger partial charge < -0.3 is 4.74 Å². The highest BCUT2D eigenvalue weighted by atomic mass is 79.9. The number of aromatic nitrogens is 1. The zero-order valence-electron chi connectivity index (χ0n) is 9.44. The average Bonchev–Trinajstić information content (AvgIpc) is 2.28. The van der Waals surface area contributed by atoms with Gasteiger partial charge in [-0.3, -0.25) is 4.98 Å². The molecule has 0 fully saturated rings. The lowest BCUT2D eigenvalue weighted by Gasteiger charge is -2.18. The molecule has 0 radical (unpaired) electrons. The molecule has 0 amide bonds. The van der Waals surface area contributed by atoms with Gasteiger partial charge in [0.1, 0.15) is 5.56 Å². The van der Waals surface area contributed by atoms with Crippen molar-refractivity contribution >= 4 is 15.9 Å². The minimum Gasteiger partial charge on any atom is -0.403 e. The number of hydrogen-bond donors (Lipinski definition) is 0. The smallest absolute Gasteiger partial charge is 0.403 e. The van der Waals surface area contributed by atoms with Gasteiger partial charge in [0.05, 0.1) is 23.9 Å². The van der Waals surface area contributed by atoms with Gasteiger partial charge in [-0.05, 0) is 6.07 Å². The molecule has 0 unspecified atom stereocenters. The van der Waals surface area contributed by atoms with Crippen molar-refractivity contribution in [3.8, 4) is 11.8 Å². The summed E-state index contributed by atoms with van der Waals surface area (Å²) >= 11 is 2.85. The lowest BCUT2D eigenvalue weighted by molar-refractivity contribution is -0.276. The first-order chi connectivity index (χ1) is 9.08. The van der Waals surface area contributed by atoms with Gasteiger partial charge in [0.25, 0.3) is 0 Å². The number of hydrogen-bond acceptors (Lipinski definition) is 3. The van der Waals surface area contributed by atoms with Crippen molar-refractivity contribution in [2.75, 3.05) is 0 Å². The van der Waals surface area contributed by atoms with Crippen molar-refractivity contribution in [2.24, 2.45) is 0 Å². The quantitative estimate of drug-likeness (QED) is 0.603. The largest absolute Gasteiger partial charge is 0.573 e. The summed E-state index contributed by atoms with van der Waals surface area (Å²) in [7, 11) is 0. The van der Waals surface area contributed by atoms with Crippen molar-refractivity contribution < 1.29 is 31.1 Å². The van der Waals surface area contributed by atoms with Crippen molar-refractivity contribution in [2.45, 2.75) is 24.3 Å². The van der Waals surface area contributed by atoms with Gasteiger partial charge in [-0.2, -0.15) is 18.4 Å². The van der Waals surface area contributed by atoms with Gasteiger partial charge in [0, 0.05) is 5.33 Å². The van der Waals surface area contributed by atoms with Gasteiger partial charge in [-0.1, -0.05) is 15.9 Å². The van der Waals surface area contributed by atoms with Crippen molar-refractivity contribution in [3.63, 3.8) is 0 Å². The van der Waals surface area contributed by atoms with E-state index in [4.69, 9.17) is 5.26 Å². The molecule has 0 saturated carbocycles. The van der Waals surface area contributed by atoms with Crippen molar-refractivity contribution in [3.05, 3.63) is 23.0 Å². The van der Waals surface area contributed by atoms with Crippen LogP contribution in [0, 0.1) is 11.3 Å². The van der Waals surface area contributed by atoms with Crippen LogP contribution >= 0.6 is 15.9 Å². The highest BCUT2D eigenvalue weighted by Gasteiger charge is 2.41. The molecule has 1 rings (SSSR count). The maximum atomic E-state index is 12.8. The molecule has 3 nitrogen and oxygen atoms in total. The maximum Gasteiger partial charge on any atom is 0.573 e. The third-order valence-electron chi connectivity index (χ3n) is 2.00. The van der Waals surface area contributed by atoms with Crippen LogP contribution in [0.3, 0.4) is 0 Å². The van der Waals surface area contributed by atoms with Crippen LogP contribution in [0.1, 0.15) is 17.0 Å². The molecule has 20 heavy (non-hydrogen) atoms. The van der Waals surface area contributed by atoms with Crippen molar-refractivity contribution in [1.82, 2.24) is 4.98 Å². The summed E-state index contributed by atoms with van der Waals surface area (Å²) in [5, 5.41) is 8.37. The summed E-state index contributed by atoms with van der Waals surface area (Å²) in [6.45, 7) is 0. The van der Waals surface area contributed by atoms with Crippen LogP contribution in [0.25, 0.3) is 0 Å². The third kappa shape index (κ3) is 4.26. The molecule has 10 heteroatoms. The topological polar surface area (TPSA) is 45.9 Å². The van der Waals surface area contributed by atoms with E-state index in [-0.39, 0.29) is 11.0 Å². The first kappa shape index (κ1) is 16.6. The summed E-state index contributed by atoms with van der Waals surface area (Å²) in [5.41, 5.74) is -2.49. The second-order valence-corrected chi connectivity index (χ2v) is 4.01. The first-order valence-electron chi connectivity index (χ1n) is 4.87. The Bertz CT molecular complexity index is 534. The molecule has 0 spiro atoms. The molecule has 0 bridgehead atoms. The Labute approximate surface area is 117 Å². The summed E-state index contributed by atoms with van der Waals surface area (Å²) in [5.74, 6) is -1.49. The molecular weight excluding hydrogens is 358 g/mol. The third-order valence-corrected chi connectivity index (χ3v) is 2.58. The standard InChI is InChI=1S/C10H5BrF6N2O/c11-4-5-3-6(9(12,13)14)8(20-10(15,16)17)7(19-5)1-2-18/h3H,1,4H2. The van der Waals surface area contributed by atoms with Crippen LogP contribution < -0.4 is 4.74 Å². The zero-order valence-corrected chi connectivity index (χ0v) is 11.0. The van der Waals surface area contributed by atoms with E-state index in [1.165, 1.54) is 6.07 Å². The zero-order chi connectivity index (χ0) is 15.6. The van der Waals surface area contributed by atoms with Crippen molar-refractivity contribution in [1.29, 1.82) is 5.26 Å². The number of nitriles is 1. The Morgan fingerprint density at radius 3 is 2.25 bits per heavy atom. The van der Waals surface area contributed by atoms with Crippen LogP contribution in [0.2, 0.25) is 0 Å². The fraction of sp³-hybridized carbons (Fsp3) is 0.400. The van der Waals surface area contributed by atoms with E-state index >= 15 is 0 Å². The summed E-state index contributed by atoms with van der Waals surface area (Å²) in [6.07, 6.45) is -11.1. The molecule has 0 aliphatic rings. The molecule has 110 valence electrons. The molecule has 0 atom stereocenters. The van der Waals surface area contributed by atoms with E-state index in [0.29, 0.717) is 6.07 Å². The fourth-order valence-corrected chi connectivity index (χ4v) is 1.63. The number of ether oxygens (including phenoxy) is 1. The minimum atomic E-state index is -5.32. The predicted octanol–water partition coefficient (Wildman–Crippen LogP) is 3.96. The molecule has 0 saturated heterocycles. The highest BCUT2D eigenvalue weighted by Crippen LogP contribution is 2.40. The lowest BCUT2D eigenvalue weighted by atomic mass is 10.1. The predicted molar refractivity (Wildman–Crippen MR) is 57.9 cm³/mol.